The summed E-state index contributed by atoms with van der Waals surface area (Å²) in [5.74, 6) is 0.210. The normalized spacial score (nSPS) is 16.6. The molecule has 152 valence electrons. The number of rotatable bonds is 8. The van der Waals surface area contributed by atoms with Gasteiger partial charge in [-0.2, -0.15) is 4.31 Å². The number of thiophene rings is 1. The summed E-state index contributed by atoms with van der Waals surface area (Å²) < 4.78 is 27.4. The molecule has 7 heteroatoms. The standard InChI is InChI=1S/C21H28N2O3S2/c1-2-17(18-9-5-3-6-10-18)16-22-20(24)15-19-11-12-21(27-19)28(25,26)23-13-7-4-8-14-23/h3,5-6,9-12,17H,2,4,7-8,13-16H2,1H3,(H,22,24). The van der Waals surface area contributed by atoms with Crippen molar-refractivity contribution in [2.75, 3.05) is 19.6 Å². The molecule has 1 aromatic heterocycles. The van der Waals surface area contributed by atoms with Gasteiger partial charge < -0.3 is 5.32 Å². The third-order valence-corrected chi connectivity index (χ3v) is 8.64. The average Bonchev–Trinajstić information content (AvgIpc) is 3.19. The molecule has 1 N–H and O–H groups in total. The van der Waals surface area contributed by atoms with Crippen molar-refractivity contribution in [1.82, 2.24) is 9.62 Å². The molecule has 28 heavy (non-hydrogen) atoms. The molecular formula is C21H28N2O3S2. The van der Waals surface area contributed by atoms with E-state index in [1.165, 1.54) is 16.9 Å². The number of nitrogens with one attached hydrogen (secondary N) is 1. The van der Waals surface area contributed by atoms with Crippen LogP contribution in [0.15, 0.2) is 46.7 Å². The van der Waals surface area contributed by atoms with E-state index < -0.39 is 10.0 Å². The van der Waals surface area contributed by atoms with Crippen LogP contribution in [0.4, 0.5) is 0 Å². The number of nitrogens with zero attached hydrogens (tertiary/aromatic N) is 1. The maximum atomic E-state index is 12.7. The highest BCUT2D eigenvalue weighted by Gasteiger charge is 2.27. The van der Waals surface area contributed by atoms with E-state index in [0.29, 0.717) is 23.8 Å². The Bertz CT molecular complexity index is 872. The van der Waals surface area contributed by atoms with E-state index in [1.54, 1.807) is 16.4 Å². The first-order valence-corrected chi connectivity index (χ1v) is 12.2. The van der Waals surface area contributed by atoms with Crippen molar-refractivity contribution >= 4 is 27.3 Å². The zero-order chi connectivity index (χ0) is 20.0. The minimum absolute atomic E-state index is 0.0712. The Morgan fingerprint density at radius 2 is 1.82 bits per heavy atom. The SMILES string of the molecule is CCC(CNC(=O)Cc1ccc(S(=O)(=O)N2CCCCC2)s1)c1ccccc1. The Kier molecular flexibility index (Phi) is 7.26. The minimum atomic E-state index is -3.42. The first kappa shape index (κ1) is 21.0. The summed E-state index contributed by atoms with van der Waals surface area (Å²) in [4.78, 5) is 13.1. The van der Waals surface area contributed by atoms with Crippen LogP contribution in [0.2, 0.25) is 0 Å². The fraction of sp³-hybridized carbons (Fsp3) is 0.476. The lowest BCUT2D eigenvalue weighted by Gasteiger charge is -2.25. The molecule has 5 nitrogen and oxygen atoms in total. The van der Waals surface area contributed by atoms with E-state index in [1.807, 2.05) is 18.2 Å². The van der Waals surface area contributed by atoms with Crippen molar-refractivity contribution in [1.29, 1.82) is 0 Å². The van der Waals surface area contributed by atoms with Crippen LogP contribution in [-0.2, 0) is 21.2 Å². The number of hydrogen-bond acceptors (Lipinski definition) is 4. The number of benzene rings is 1. The lowest BCUT2D eigenvalue weighted by atomic mass is 9.96. The summed E-state index contributed by atoms with van der Waals surface area (Å²) in [6, 6.07) is 13.6. The van der Waals surface area contributed by atoms with Crippen LogP contribution < -0.4 is 5.32 Å². The molecule has 1 fully saturated rings. The third-order valence-electron chi connectivity index (χ3n) is 5.19. The molecule has 1 unspecified atom stereocenters. The van der Waals surface area contributed by atoms with Gasteiger partial charge in [0.05, 0.1) is 6.42 Å². The monoisotopic (exact) mass is 420 g/mol. The van der Waals surface area contributed by atoms with Crippen molar-refractivity contribution in [2.45, 2.75) is 49.2 Å². The van der Waals surface area contributed by atoms with Gasteiger partial charge in [-0.1, -0.05) is 43.7 Å². The van der Waals surface area contributed by atoms with Gasteiger partial charge in [0.1, 0.15) is 4.21 Å². The van der Waals surface area contributed by atoms with Gasteiger partial charge in [0.25, 0.3) is 10.0 Å². The second-order valence-corrected chi connectivity index (χ2v) is 10.5. The van der Waals surface area contributed by atoms with Gasteiger partial charge >= 0.3 is 0 Å². The quantitative estimate of drug-likeness (QED) is 0.707. The number of sulfonamides is 1. The second kappa shape index (κ2) is 9.67. The molecule has 1 saturated heterocycles. The molecular weight excluding hydrogens is 392 g/mol. The lowest BCUT2D eigenvalue weighted by Crippen LogP contribution is -2.35. The Hall–Kier alpha value is -1.70. The molecule has 2 aromatic rings. The molecule has 1 aliphatic heterocycles. The van der Waals surface area contributed by atoms with Crippen molar-refractivity contribution in [2.24, 2.45) is 0 Å². The predicted octanol–water partition coefficient (Wildman–Crippen LogP) is 3.78. The molecule has 0 bridgehead atoms. The summed E-state index contributed by atoms with van der Waals surface area (Å²) in [6.45, 7) is 3.88. The van der Waals surface area contributed by atoms with Crippen LogP contribution in [0.25, 0.3) is 0 Å². The Morgan fingerprint density at radius 1 is 1.11 bits per heavy atom. The first-order valence-electron chi connectivity index (χ1n) is 9.91. The number of amides is 1. The zero-order valence-electron chi connectivity index (χ0n) is 16.3. The van der Waals surface area contributed by atoms with Crippen LogP contribution in [-0.4, -0.2) is 38.3 Å². The van der Waals surface area contributed by atoms with E-state index in [4.69, 9.17) is 0 Å². The van der Waals surface area contributed by atoms with Crippen LogP contribution in [0.1, 0.15) is 49.0 Å². The lowest BCUT2D eigenvalue weighted by molar-refractivity contribution is -0.120. The maximum absolute atomic E-state index is 12.7. The number of piperidine rings is 1. The van der Waals surface area contributed by atoms with Crippen molar-refractivity contribution in [3.8, 4) is 0 Å². The molecule has 0 aliphatic carbocycles. The van der Waals surface area contributed by atoms with Crippen LogP contribution in [0.3, 0.4) is 0 Å². The van der Waals surface area contributed by atoms with E-state index >= 15 is 0 Å². The number of carbonyl (C=O) groups is 1. The maximum Gasteiger partial charge on any atom is 0.252 e. The Labute approximate surface area is 171 Å². The Balaban J connectivity index is 1.56. The molecule has 1 atom stereocenters. The van der Waals surface area contributed by atoms with Crippen molar-refractivity contribution in [3.63, 3.8) is 0 Å². The summed E-state index contributed by atoms with van der Waals surface area (Å²) in [5, 5.41) is 3.00. The summed E-state index contributed by atoms with van der Waals surface area (Å²) in [6.07, 6.45) is 4.08. The van der Waals surface area contributed by atoms with Crippen molar-refractivity contribution in [3.05, 3.63) is 52.9 Å². The molecule has 1 amide bonds. The van der Waals surface area contributed by atoms with Crippen LogP contribution in [0, 0.1) is 0 Å². The molecule has 0 spiro atoms. The second-order valence-electron chi connectivity index (χ2n) is 7.18. The zero-order valence-corrected chi connectivity index (χ0v) is 17.9. The molecule has 1 aromatic carbocycles. The van der Waals surface area contributed by atoms with Gasteiger partial charge in [-0.05, 0) is 37.0 Å². The van der Waals surface area contributed by atoms with Crippen LogP contribution >= 0.6 is 11.3 Å². The van der Waals surface area contributed by atoms with Gasteiger partial charge in [0.15, 0.2) is 0 Å². The van der Waals surface area contributed by atoms with Gasteiger partial charge in [-0.25, -0.2) is 8.42 Å². The van der Waals surface area contributed by atoms with Crippen molar-refractivity contribution < 1.29 is 13.2 Å². The topological polar surface area (TPSA) is 66.5 Å². The number of carbonyl (C=O) groups excluding carboxylic acids is 1. The third kappa shape index (κ3) is 5.21. The molecule has 0 saturated carbocycles. The van der Waals surface area contributed by atoms with Gasteiger partial charge in [0, 0.05) is 30.4 Å². The Morgan fingerprint density at radius 3 is 2.50 bits per heavy atom. The summed E-state index contributed by atoms with van der Waals surface area (Å²) in [7, 11) is -3.42. The van der Waals surface area contributed by atoms with Gasteiger partial charge in [0.2, 0.25) is 5.91 Å². The average molecular weight is 421 g/mol. The summed E-state index contributed by atoms with van der Waals surface area (Å²) in [5.41, 5.74) is 1.22. The van der Waals surface area contributed by atoms with Gasteiger partial charge in [-0.3, -0.25) is 4.79 Å². The highest BCUT2D eigenvalue weighted by Crippen LogP contribution is 2.27. The molecule has 1 aliphatic rings. The molecule has 3 rings (SSSR count). The number of hydrogen-bond donors (Lipinski definition) is 1. The first-order chi connectivity index (χ1) is 13.5. The van der Waals surface area contributed by atoms with Crippen LogP contribution in [0.5, 0.6) is 0 Å². The highest BCUT2D eigenvalue weighted by molar-refractivity contribution is 7.91. The minimum Gasteiger partial charge on any atom is -0.355 e. The smallest absolute Gasteiger partial charge is 0.252 e. The highest BCUT2D eigenvalue weighted by atomic mass is 32.2. The van der Waals surface area contributed by atoms with E-state index in [9.17, 15) is 13.2 Å². The fourth-order valence-corrected chi connectivity index (χ4v) is 6.53. The summed E-state index contributed by atoms with van der Waals surface area (Å²) >= 11 is 1.21. The van der Waals surface area contributed by atoms with E-state index in [2.05, 4.69) is 24.4 Å². The largest absolute Gasteiger partial charge is 0.355 e. The van der Waals surface area contributed by atoms with E-state index in [0.717, 1.165) is 30.6 Å². The fourth-order valence-electron chi connectivity index (χ4n) is 3.51. The predicted molar refractivity (Wildman–Crippen MR) is 113 cm³/mol. The molecule has 0 radical (unpaired) electrons. The van der Waals surface area contributed by atoms with E-state index in [-0.39, 0.29) is 18.2 Å². The van der Waals surface area contributed by atoms with Gasteiger partial charge in [-0.15, -0.1) is 11.3 Å². The molecule has 2 heterocycles.